The van der Waals surface area contributed by atoms with Crippen LogP contribution in [0.25, 0.3) is 11.3 Å². The third kappa shape index (κ3) is 3.18. The first-order chi connectivity index (χ1) is 12.6. The Hall–Kier alpha value is -3.15. The minimum Gasteiger partial charge on any atom is -0.488 e. The number of aryl methyl sites for hydroxylation is 2. The van der Waals surface area contributed by atoms with Crippen LogP contribution in [0.3, 0.4) is 0 Å². The normalized spacial score (nSPS) is 15.4. The number of hydrogen-bond donors (Lipinski definition) is 1. The number of nitrogens with one attached hydrogen (secondary N) is 1. The quantitative estimate of drug-likeness (QED) is 0.783. The van der Waals surface area contributed by atoms with Gasteiger partial charge in [0.25, 0.3) is 5.91 Å². The first-order valence-electron chi connectivity index (χ1n) is 8.51. The summed E-state index contributed by atoms with van der Waals surface area (Å²) in [7, 11) is 0. The second-order valence-electron chi connectivity index (χ2n) is 6.43. The lowest BCUT2D eigenvalue weighted by molar-refractivity contribution is 0.0933. The van der Waals surface area contributed by atoms with Gasteiger partial charge in [0.15, 0.2) is 0 Å². The molecule has 26 heavy (non-hydrogen) atoms. The van der Waals surface area contributed by atoms with Gasteiger partial charge in [-0.25, -0.2) is 4.98 Å². The number of ether oxygens (including phenoxy) is 1. The fourth-order valence-electron chi connectivity index (χ4n) is 3.09. The largest absolute Gasteiger partial charge is 0.488 e. The molecule has 6 nitrogen and oxygen atoms in total. The van der Waals surface area contributed by atoms with Crippen molar-refractivity contribution in [1.82, 2.24) is 15.3 Å². The summed E-state index contributed by atoms with van der Waals surface area (Å²) in [4.78, 5) is 21.0. The van der Waals surface area contributed by atoms with E-state index >= 15 is 0 Å². The molecule has 4 rings (SSSR count). The predicted octanol–water partition coefficient (Wildman–Crippen LogP) is 3.09. The van der Waals surface area contributed by atoms with Gasteiger partial charge in [0.05, 0.1) is 35.5 Å². The highest BCUT2D eigenvalue weighted by atomic mass is 16.5. The van der Waals surface area contributed by atoms with Crippen LogP contribution in [-0.2, 0) is 6.42 Å². The fraction of sp³-hybridized carbons (Fsp3) is 0.250. The van der Waals surface area contributed by atoms with Crippen molar-refractivity contribution >= 4 is 5.91 Å². The van der Waals surface area contributed by atoms with Gasteiger partial charge in [0, 0.05) is 18.2 Å². The van der Waals surface area contributed by atoms with Crippen LogP contribution in [0, 0.1) is 13.8 Å². The summed E-state index contributed by atoms with van der Waals surface area (Å²) < 4.78 is 10.9. The van der Waals surface area contributed by atoms with Crippen LogP contribution < -0.4 is 10.1 Å². The smallest absolute Gasteiger partial charge is 0.254 e. The van der Waals surface area contributed by atoms with Crippen LogP contribution in [0.15, 0.2) is 47.4 Å². The molecule has 0 saturated carbocycles. The molecule has 0 spiro atoms. The molecular formula is C20H19N3O3. The van der Waals surface area contributed by atoms with E-state index in [2.05, 4.69) is 21.4 Å². The molecule has 1 atom stereocenters. The number of fused-ring (bicyclic) bond motifs is 1. The summed E-state index contributed by atoms with van der Waals surface area (Å²) in [5.74, 6) is 0.694. The maximum Gasteiger partial charge on any atom is 0.254 e. The van der Waals surface area contributed by atoms with Crippen LogP contribution in [0.5, 0.6) is 5.75 Å². The molecule has 3 heterocycles. The van der Waals surface area contributed by atoms with Crippen molar-refractivity contribution in [2.75, 3.05) is 6.54 Å². The van der Waals surface area contributed by atoms with Gasteiger partial charge >= 0.3 is 0 Å². The number of rotatable bonds is 4. The molecule has 0 fully saturated rings. The molecule has 1 amide bonds. The number of furan rings is 1. The molecule has 1 aliphatic heterocycles. The van der Waals surface area contributed by atoms with E-state index in [1.807, 2.05) is 26.0 Å². The van der Waals surface area contributed by atoms with E-state index in [0.29, 0.717) is 12.1 Å². The molecule has 1 aliphatic rings. The second kappa shape index (κ2) is 6.63. The van der Waals surface area contributed by atoms with Gasteiger partial charge in [-0.2, -0.15) is 0 Å². The Morgan fingerprint density at radius 2 is 2.19 bits per heavy atom. The summed E-state index contributed by atoms with van der Waals surface area (Å²) in [6.45, 7) is 4.34. The molecule has 0 saturated heterocycles. The number of hydrogen-bond acceptors (Lipinski definition) is 5. The van der Waals surface area contributed by atoms with Crippen molar-refractivity contribution in [3.05, 3.63) is 65.5 Å². The molecule has 1 aromatic carbocycles. The lowest BCUT2D eigenvalue weighted by Gasteiger charge is -2.11. The van der Waals surface area contributed by atoms with E-state index in [9.17, 15) is 4.79 Å². The fourth-order valence-corrected chi connectivity index (χ4v) is 3.09. The van der Waals surface area contributed by atoms with Gasteiger partial charge in [0.2, 0.25) is 0 Å². The van der Waals surface area contributed by atoms with Crippen molar-refractivity contribution in [3.63, 3.8) is 0 Å². The zero-order valence-corrected chi connectivity index (χ0v) is 14.7. The molecule has 0 radical (unpaired) electrons. The first-order valence-corrected chi connectivity index (χ1v) is 8.51. The number of benzene rings is 1. The van der Waals surface area contributed by atoms with Crippen LogP contribution >= 0.6 is 0 Å². The zero-order chi connectivity index (χ0) is 18.1. The third-order valence-corrected chi connectivity index (χ3v) is 4.42. The van der Waals surface area contributed by atoms with Gasteiger partial charge in [-0.05, 0) is 43.7 Å². The van der Waals surface area contributed by atoms with Crippen molar-refractivity contribution in [1.29, 1.82) is 0 Å². The lowest BCUT2D eigenvalue weighted by atomic mass is 10.0. The zero-order valence-electron chi connectivity index (χ0n) is 14.7. The Kier molecular flexibility index (Phi) is 4.16. The second-order valence-corrected chi connectivity index (χ2v) is 6.43. The van der Waals surface area contributed by atoms with Crippen LogP contribution in [-0.4, -0.2) is 28.5 Å². The third-order valence-electron chi connectivity index (χ3n) is 4.42. The minimum absolute atomic E-state index is 0.0826. The Morgan fingerprint density at radius 3 is 3.00 bits per heavy atom. The number of nitrogens with zero attached hydrogens (tertiary/aromatic N) is 2. The van der Waals surface area contributed by atoms with Crippen molar-refractivity contribution in [3.8, 4) is 17.0 Å². The number of carbonyl (C=O) groups is 1. The number of amides is 1. The average Bonchev–Trinajstić information content (AvgIpc) is 3.30. The summed E-state index contributed by atoms with van der Waals surface area (Å²) in [5, 5.41) is 2.88. The molecule has 0 bridgehead atoms. The SMILES string of the molecule is Cc1cnc(C)c(-c2ccc3c(c2)CC(CNC(=O)c2ccoc2)O3)n1. The maximum absolute atomic E-state index is 12.0. The molecule has 6 heteroatoms. The van der Waals surface area contributed by atoms with Gasteiger partial charge in [-0.1, -0.05) is 0 Å². The summed E-state index contributed by atoms with van der Waals surface area (Å²) in [6, 6.07) is 7.70. The Labute approximate surface area is 151 Å². The van der Waals surface area contributed by atoms with Crippen molar-refractivity contribution in [2.24, 2.45) is 0 Å². The molecule has 1 unspecified atom stereocenters. The van der Waals surface area contributed by atoms with E-state index < -0.39 is 0 Å². The monoisotopic (exact) mass is 349 g/mol. The summed E-state index contributed by atoms with van der Waals surface area (Å²) in [5.41, 5.74) is 5.35. The van der Waals surface area contributed by atoms with Gasteiger partial charge in [-0.15, -0.1) is 0 Å². The van der Waals surface area contributed by atoms with E-state index in [-0.39, 0.29) is 12.0 Å². The van der Waals surface area contributed by atoms with Crippen molar-refractivity contribution in [2.45, 2.75) is 26.4 Å². The Balaban J connectivity index is 1.46. The van der Waals surface area contributed by atoms with E-state index in [4.69, 9.17) is 9.15 Å². The molecule has 2 aromatic heterocycles. The minimum atomic E-state index is -0.162. The Morgan fingerprint density at radius 1 is 1.31 bits per heavy atom. The average molecular weight is 349 g/mol. The highest BCUT2D eigenvalue weighted by Crippen LogP contribution is 2.33. The van der Waals surface area contributed by atoms with Gasteiger partial charge in [0.1, 0.15) is 18.1 Å². The standard InChI is InChI=1S/C20H19N3O3/c1-12-9-21-13(2)19(23-12)14-3-4-18-16(7-14)8-17(26-18)10-22-20(24)15-5-6-25-11-15/h3-7,9,11,17H,8,10H2,1-2H3,(H,22,24). The van der Waals surface area contributed by atoms with Crippen LogP contribution in [0.2, 0.25) is 0 Å². The first kappa shape index (κ1) is 16.3. The topological polar surface area (TPSA) is 77.2 Å². The highest BCUT2D eigenvalue weighted by Gasteiger charge is 2.24. The summed E-state index contributed by atoms with van der Waals surface area (Å²) in [6.07, 6.45) is 5.34. The van der Waals surface area contributed by atoms with Gasteiger partial charge < -0.3 is 14.5 Å². The van der Waals surface area contributed by atoms with Gasteiger partial charge in [-0.3, -0.25) is 9.78 Å². The number of carbonyl (C=O) groups excluding carboxylic acids is 1. The van der Waals surface area contributed by atoms with E-state index in [1.165, 1.54) is 12.5 Å². The predicted molar refractivity (Wildman–Crippen MR) is 96.1 cm³/mol. The molecule has 3 aromatic rings. The van der Waals surface area contributed by atoms with Crippen molar-refractivity contribution < 1.29 is 13.9 Å². The highest BCUT2D eigenvalue weighted by molar-refractivity contribution is 5.93. The van der Waals surface area contributed by atoms with E-state index in [1.54, 1.807) is 12.3 Å². The molecular weight excluding hydrogens is 330 g/mol. The van der Waals surface area contributed by atoms with Crippen LogP contribution in [0.1, 0.15) is 27.3 Å². The number of aromatic nitrogens is 2. The maximum atomic E-state index is 12.0. The molecule has 1 N–H and O–H groups in total. The lowest BCUT2D eigenvalue weighted by Crippen LogP contribution is -2.34. The summed E-state index contributed by atoms with van der Waals surface area (Å²) >= 11 is 0. The molecule has 132 valence electrons. The van der Waals surface area contributed by atoms with E-state index in [0.717, 1.165) is 40.4 Å². The van der Waals surface area contributed by atoms with Crippen LogP contribution in [0.4, 0.5) is 0 Å². The Bertz CT molecular complexity index is 951. The molecule has 0 aliphatic carbocycles.